The molecule has 0 bridgehead atoms. The van der Waals surface area contributed by atoms with Crippen LogP contribution in [0.4, 0.5) is 21.9 Å². The van der Waals surface area contributed by atoms with Gasteiger partial charge in [-0.05, 0) is 35.9 Å². The maximum absolute atomic E-state index is 13.7. The summed E-state index contributed by atoms with van der Waals surface area (Å²) in [5, 5.41) is 0. The molecule has 3 aromatic rings. The molecular weight excluding hydrogens is 324 g/mol. The fraction of sp³-hybridized carbons (Fsp3) is 0.136. The highest BCUT2D eigenvalue weighted by molar-refractivity contribution is 6.09. The summed E-state index contributed by atoms with van der Waals surface area (Å²) in [4.78, 5) is 17.1. The number of ether oxygens (including phenoxy) is 1. The van der Waals surface area contributed by atoms with Crippen LogP contribution >= 0.6 is 0 Å². The first-order valence-electron chi connectivity index (χ1n) is 8.63. The van der Waals surface area contributed by atoms with Gasteiger partial charge in [-0.1, -0.05) is 54.6 Å². The molecule has 1 atom stereocenters. The Balaban J connectivity index is 1.80. The number of para-hydroxylation sites is 3. The molecule has 1 unspecified atom stereocenters. The molecular formula is C22H20N2O2. The lowest BCUT2D eigenvalue weighted by Gasteiger charge is -2.31. The van der Waals surface area contributed by atoms with Crippen molar-refractivity contribution in [2.45, 2.75) is 12.6 Å². The van der Waals surface area contributed by atoms with Crippen LogP contribution in [0, 0.1) is 0 Å². The summed E-state index contributed by atoms with van der Waals surface area (Å²) in [6.45, 7) is 0. The number of anilines is 3. The molecule has 26 heavy (non-hydrogen) atoms. The van der Waals surface area contributed by atoms with E-state index in [0.29, 0.717) is 6.42 Å². The maximum Gasteiger partial charge on any atom is 0.335 e. The van der Waals surface area contributed by atoms with Crippen LogP contribution in [0.25, 0.3) is 0 Å². The quantitative estimate of drug-likeness (QED) is 0.671. The van der Waals surface area contributed by atoms with Crippen LogP contribution < -0.4 is 9.80 Å². The summed E-state index contributed by atoms with van der Waals surface area (Å²) in [7, 11) is 1.65. The number of methoxy groups -OCH3 is 1. The Morgan fingerprint density at radius 3 is 2.00 bits per heavy atom. The van der Waals surface area contributed by atoms with Gasteiger partial charge in [0.25, 0.3) is 0 Å². The molecule has 0 N–H and O–H groups in total. The van der Waals surface area contributed by atoms with Gasteiger partial charge in [0.1, 0.15) is 6.23 Å². The molecule has 0 fully saturated rings. The van der Waals surface area contributed by atoms with Crippen molar-refractivity contribution in [2.75, 3.05) is 16.9 Å². The second-order valence-electron chi connectivity index (χ2n) is 6.18. The third kappa shape index (κ3) is 2.85. The highest BCUT2D eigenvalue weighted by Gasteiger charge is 2.37. The summed E-state index contributed by atoms with van der Waals surface area (Å²) in [5.41, 5.74) is 3.67. The zero-order valence-corrected chi connectivity index (χ0v) is 14.6. The van der Waals surface area contributed by atoms with Crippen LogP contribution in [0.3, 0.4) is 0 Å². The summed E-state index contributed by atoms with van der Waals surface area (Å²) < 4.78 is 5.63. The van der Waals surface area contributed by atoms with Crippen LogP contribution in [0.5, 0.6) is 0 Å². The Morgan fingerprint density at radius 2 is 1.42 bits per heavy atom. The molecule has 1 heterocycles. The fourth-order valence-corrected chi connectivity index (χ4v) is 3.40. The lowest BCUT2D eigenvalue weighted by atomic mass is 10.2. The van der Waals surface area contributed by atoms with Crippen molar-refractivity contribution in [3.63, 3.8) is 0 Å². The van der Waals surface area contributed by atoms with Crippen LogP contribution in [-0.2, 0) is 11.2 Å². The normalized spacial score (nSPS) is 15.6. The van der Waals surface area contributed by atoms with Crippen LogP contribution in [0.2, 0.25) is 0 Å². The van der Waals surface area contributed by atoms with E-state index < -0.39 is 0 Å². The second kappa shape index (κ2) is 7.02. The van der Waals surface area contributed by atoms with E-state index in [-0.39, 0.29) is 12.3 Å². The van der Waals surface area contributed by atoms with Crippen LogP contribution in [0.1, 0.15) is 5.56 Å². The Bertz CT molecular complexity index is 857. The standard InChI is InChI=1S/C22H20N2O2/c1-26-21-16-17-10-8-9-15-20(17)24(21)22(25)23(18-11-4-2-5-12-18)19-13-6-3-7-14-19/h2-15,21H,16H2,1H3. The van der Waals surface area contributed by atoms with Gasteiger partial charge in [0, 0.05) is 13.5 Å². The molecule has 0 radical (unpaired) electrons. The molecule has 0 aliphatic carbocycles. The van der Waals surface area contributed by atoms with Gasteiger partial charge >= 0.3 is 6.03 Å². The van der Waals surface area contributed by atoms with E-state index in [9.17, 15) is 4.79 Å². The minimum Gasteiger partial charge on any atom is -0.361 e. The number of carbonyl (C=O) groups excluding carboxylic acids is 1. The molecule has 3 aromatic carbocycles. The van der Waals surface area contributed by atoms with Gasteiger partial charge < -0.3 is 4.74 Å². The molecule has 2 amide bonds. The van der Waals surface area contributed by atoms with Crippen molar-refractivity contribution in [1.29, 1.82) is 0 Å². The van der Waals surface area contributed by atoms with Crippen molar-refractivity contribution >= 4 is 23.1 Å². The van der Waals surface area contributed by atoms with Crippen molar-refractivity contribution in [3.8, 4) is 0 Å². The van der Waals surface area contributed by atoms with E-state index >= 15 is 0 Å². The predicted octanol–water partition coefficient (Wildman–Crippen LogP) is 4.98. The molecule has 0 saturated carbocycles. The Kier molecular flexibility index (Phi) is 4.42. The average molecular weight is 344 g/mol. The molecule has 4 rings (SSSR count). The molecule has 0 saturated heterocycles. The van der Waals surface area contributed by atoms with Gasteiger partial charge in [0.05, 0.1) is 17.1 Å². The predicted molar refractivity (Wildman–Crippen MR) is 104 cm³/mol. The number of urea groups is 1. The Hall–Kier alpha value is -3.11. The number of hydrogen-bond acceptors (Lipinski definition) is 2. The number of amides is 2. The van der Waals surface area contributed by atoms with Gasteiger partial charge in [-0.3, -0.25) is 9.80 Å². The molecule has 130 valence electrons. The smallest absolute Gasteiger partial charge is 0.335 e. The van der Waals surface area contributed by atoms with Gasteiger partial charge in [-0.25, -0.2) is 4.79 Å². The topological polar surface area (TPSA) is 32.8 Å². The Morgan fingerprint density at radius 1 is 0.885 bits per heavy atom. The number of nitrogens with zero attached hydrogens (tertiary/aromatic N) is 2. The molecule has 1 aliphatic heterocycles. The monoisotopic (exact) mass is 344 g/mol. The van der Waals surface area contributed by atoms with Gasteiger partial charge in [0.2, 0.25) is 0 Å². The summed E-state index contributed by atoms with van der Waals surface area (Å²) in [5.74, 6) is 0. The SMILES string of the molecule is COC1Cc2ccccc2N1C(=O)N(c1ccccc1)c1ccccc1. The molecule has 4 nitrogen and oxygen atoms in total. The van der Waals surface area contributed by atoms with Gasteiger partial charge in [0.15, 0.2) is 0 Å². The largest absolute Gasteiger partial charge is 0.361 e. The van der Waals surface area contributed by atoms with Gasteiger partial charge in [-0.15, -0.1) is 0 Å². The van der Waals surface area contributed by atoms with Crippen molar-refractivity contribution in [2.24, 2.45) is 0 Å². The third-order valence-corrected chi connectivity index (χ3v) is 4.63. The van der Waals surface area contributed by atoms with E-state index in [2.05, 4.69) is 0 Å². The zero-order valence-electron chi connectivity index (χ0n) is 14.6. The first-order valence-corrected chi connectivity index (χ1v) is 8.63. The lowest BCUT2D eigenvalue weighted by Crippen LogP contribution is -2.46. The number of benzene rings is 3. The van der Waals surface area contributed by atoms with E-state index in [1.807, 2.05) is 84.9 Å². The number of carbonyl (C=O) groups is 1. The van der Waals surface area contributed by atoms with E-state index in [0.717, 1.165) is 22.6 Å². The van der Waals surface area contributed by atoms with E-state index in [1.54, 1.807) is 16.9 Å². The first kappa shape index (κ1) is 16.4. The van der Waals surface area contributed by atoms with E-state index in [1.165, 1.54) is 0 Å². The highest BCUT2D eigenvalue weighted by atomic mass is 16.5. The zero-order chi connectivity index (χ0) is 17.9. The number of rotatable bonds is 3. The second-order valence-corrected chi connectivity index (χ2v) is 6.18. The lowest BCUT2D eigenvalue weighted by molar-refractivity contribution is 0.111. The van der Waals surface area contributed by atoms with Crippen molar-refractivity contribution in [3.05, 3.63) is 90.5 Å². The first-order chi connectivity index (χ1) is 12.8. The molecule has 1 aliphatic rings. The number of fused-ring (bicyclic) bond motifs is 1. The highest BCUT2D eigenvalue weighted by Crippen LogP contribution is 2.36. The summed E-state index contributed by atoms with van der Waals surface area (Å²) in [6.07, 6.45) is 0.380. The minimum absolute atomic E-state index is 0.126. The Labute approximate surface area is 153 Å². The summed E-state index contributed by atoms with van der Waals surface area (Å²) in [6, 6.07) is 27.2. The van der Waals surface area contributed by atoms with Gasteiger partial charge in [-0.2, -0.15) is 0 Å². The summed E-state index contributed by atoms with van der Waals surface area (Å²) >= 11 is 0. The maximum atomic E-state index is 13.7. The van der Waals surface area contributed by atoms with E-state index in [4.69, 9.17) is 4.74 Å². The third-order valence-electron chi connectivity index (χ3n) is 4.63. The number of hydrogen-bond donors (Lipinski definition) is 0. The molecule has 0 spiro atoms. The van der Waals surface area contributed by atoms with Crippen LogP contribution in [-0.4, -0.2) is 19.4 Å². The molecule has 0 aromatic heterocycles. The van der Waals surface area contributed by atoms with Crippen molar-refractivity contribution in [1.82, 2.24) is 0 Å². The van der Waals surface area contributed by atoms with Crippen molar-refractivity contribution < 1.29 is 9.53 Å². The average Bonchev–Trinajstić information content (AvgIpc) is 3.08. The van der Waals surface area contributed by atoms with Crippen LogP contribution in [0.15, 0.2) is 84.9 Å². The fourth-order valence-electron chi connectivity index (χ4n) is 3.40. The molecule has 4 heteroatoms. The minimum atomic E-state index is -0.310.